The summed E-state index contributed by atoms with van der Waals surface area (Å²) in [5.41, 5.74) is 7.99. The zero-order valence-corrected chi connectivity index (χ0v) is 15.0. The Kier molecular flexibility index (Phi) is 5.15. The Morgan fingerprint density at radius 2 is 1.88 bits per heavy atom. The lowest BCUT2D eigenvalue weighted by molar-refractivity contribution is 0.158. The first-order valence-electron chi connectivity index (χ1n) is 9.89. The van der Waals surface area contributed by atoms with Gasteiger partial charge in [-0.25, -0.2) is 0 Å². The van der Waals surface area contributed by atoms with Gasteiger partial charge in [-0.05, 0) is 58.0 Å². The number of likely N-dealkylation sites (tertiary alicyclic amines) is 1. The Labute approximate surface area is 145 Å². The molecule has 6 heteroatoms. The second kappa shape index (κ2) is 7.50. The maximum atomic E-state index is 4.44. The van der Waals surface area contributed by atoms with Crippen molar-refractivity contribution in [1.29, 1.82) is 0 Å². The molecule has 1 aromatic heterocycles. The van der Waals surface area contributed by atoms with Gasteiger partial charge in [-0.15, -0.1) is 5.10 Å². The summed E-state index contributed by atoms with van der Waals surface area (Å²) < 4.78 is 2.11. The number of hydrogen-bond donors (Lipinski definition) is 2. The highest BCUT2D eigenvalue weighted by molar-refractivity contribution is 5.03. The molecule has 3 aliphatic rings. The maximum absolute atomic E-state index is 4.44. The van der Waals surface area contributed by atoms with Gasteiger partial charge in [0, 0.05) is 37.3 Å². The minimum atomic E-state index is 0.605. The highest BCUT2D eigenvalue weighted by Crippen LogP contribution is 2.32. The van der Waals surface area contributed by atoms with E-state index < -0.39 is 0 Å². The topological polar surface area (TPSA) is 58.0 Å². The third kappa shape index (κ3) is 3.98. The maximum Gasteiger partial charge on any atom is 0.0857 e. The Hall–Kier alpha value is -0.980. The molecule has 2 unspecified atom stereocenters. The fraction of sp³-hybridized carbons (Fsp3) is 0.889. The van der Waals surface area contributed by atoms with Crippen molar-refractivity contribution in [3.05, 3.63) is 11.9 Å². The lowest BCUT2D eigenvalue weighted by Gasteiger charge is -2.33. The Balaban J connectivity index is 1.21. The van der Waals surface area contributed by atoms with E-state index >= 15 is 0 Å². The molecule has 1 saturated carbocycles. The molecule has 4 rings (SSSR count). The SMILES string of the molecule is CC1CC(CN2CCC(Cn3cc(C4CCCC4)nn3)CC2)NN1. The second-order valence-corrected chi connectivity index (χ2v) is 8.21. The predicted octanol–water partition coefficient (Wildman–Crippen LogP) is 1.90. The average molecular weight is 332 g/mol. The van der Waals surface area contributed by atoms with E-state index in [-0.39, 0.29) is 0 Å². The number of hydrazine groups is 1. The smallest absolute Gasteiger partial charge is 0.0857 e. The minimum absolute atomic E-state index is 0.605. The fourth-order valence-corrected chi connectivity index (χ4v) is 4.66. The molecule has 0 spiro atoms. The van der Waals surface area contributed by atoms with Crippen LogP contribution in [-0.4, -0.2) is 51.6 Å². The molecular weight excluding hydrogens is 300 g/mol. The third-order valence-corrected chi connectivity index (χ3v) is 6.13. The van der Waals surface area contributed by atoms with Crippen molar-refractivity contribution in [2.75, 3.05) is 19.6 Å². The first-order valence-corrected chi connectivity index (χ1v) is 9.89. The van der Waals surface area contributed by atoms with E-state index in [0.717, 1.165) is 12.5 Å². The van der Waals surface area contributed by atoms with Gasteiger partial charge >= 0.3 is 0 Å². The van der Waals surface area contributed by atoms with Crippen molar-refractivity contribution < 1.29 is 0 Å². The van der Waals surface area contributed by atoms with Crippen LogP contribution in [0.15, 0.2) is 6.20 Å². The highest BCUT2D eigenvalue weighted by Gasteiger charge is 2.26. The van der Waals surface area contributed by atoms with Gasteiger partial charge in [0.15, 0.2) is 0 Å². The molecule has 3 heterocycles. The molecule has 6 nitrogen and oxygen atoms in total. The monoisotopic (exact) mass is 332 g/mol. The van der Waals surface area contributed by atoms with Crippen LogP contribution in [0.1, 0.15) is 63.5 Å². The summed E-state index contributed by atoms with van der Waals surface area (Å²) in [6, 6.07) is 1.22. The van der Waals surface area contributed by atoms with Gasteiger partial charge in [-0.1, -0.05) is 18.1 Å². The number of aromatic nitrogens is 3. The van der Waals surface area contributed by atoms with Crippen LogP contribution in [0.25, 0.3) is 0 Å². The summed E-state index contributed by atoms with van der Waals surface area (Å²) in [5, 5.41) is 8.84. The van der Waals surface area contributed by atoms with Crippen LogP contribution in [0.4, 0.5) is 0 Å². The molecule has 1 aromatic rings. The molecule has 0 bridgehead atoms. The van der Waals surface area contributed by atoms with Gasteiger partial charge in [0.2, 0.25) is 0 Å². The fourth-order valence-electron chi connectivity index (χ4n) is 4.66. The first kappa shape index (κ1) is 16.5. The number of nitrogens with zero attached hydrogens (tertiary/aromatic N) is 4. The minimum Gasteiger partial charge on any atom is -0.302 e. The van der Waals surface area contributed by atoms with Crippen LogP contribution >= 0.6 is 0 Å². The molecule has 3 fully saturated rings. The largest absolute Gasteiger partial charge is 0.302 e. The lowest BCUT2D eigenvalue weighted by Crippen LogP contribution is -2.44. The van der Waals surface area contributed by atoms with E-state index in [2.05, 4.69) is 43.9 Å². The van der Waals surface area contributed by atoms with Crippen molar-refractivity contribution in [1.82, 2.24) is 30.7 Å². The zero-order valence-electron chi connectivity index (χ0n) is 15.0. The van der Waals surface area contributed by atoms with E-state index in [1.54, 1.807) is 0 Å². The van der Waals surface area contributed by atoms with Gasteiger partial charge in [0.25, 0.3) is 0 Å². The Bertz CT molecular complexity index is 515. The van der Waals surface area contributed by atoms with Crippen LogP contribution in [0.2, 0.25) is 0 Å². The molecule has 0 amide bonds. The van der Waals surface area contributed by atoms with E-state index in [1.165, 1.54) is 70.3 Å². The van der Waals surface area contributed by atoms with E-state index in [9.17, 15) is 0 Å². The summed E-state index contributed by atoms with van der Waals surface area (Å²) in [7, 11) is 0. The number of hydrogen-bond acceptors (Lipinski definition) is 5. The van der Waals surface area contributed by atoms with Crippen LogP contribution < -0.4 is 10.9 Å². The summed E-state index contributed by atoms with van der Waals surface area (Å²) >= 11 is 0. The molecule has 0 aromatic carbocycles. The third-order valence-electron chi connectivity index (χ3n) is 6.13. The Morgan fingerprint density at radius 1 is 1.08 bits per heavy atom. The Morgan fingerprint density at radius 3 is 2.58 bits per heavy atom. The quantitative estimate of drug-likeness (QED) is 0.862. The van der Waals surface area contributed by atoms with Gasteiger partial charge in [0.05, 0.1) is 5.69 Å². The van der Waals surface area contributed by atoms with Crippen molar-refractivity contribution in [2.45, 2.75) is 76.4 Å². The van der Waals surface area contributed by atoms with Gasteiger partial charge in [-0.3, -0.25) is 15.5 Å². The normalized spacial score (nSPS) is 30.4. The number of piperidine rings is 1. The van der Waals surface area contributed by atoms with Crippen molar-refractivity contribution >= 4 is 0 Å². The molecule has 0 radical (unpaired) electrons. The standard InChI is InChI=1S/C18H32N6/c1-14-10-17(20-19-14)12-23-8-6-15(7-9-23)11-24-13-18(21-22-24)16-4-2-3-5-16/h13-17,19-20H,2-12H2,1H3. The highest BCUT2D eigenvalue weighted by atomic mass is 15.4. The molecule has 2 N–H and O–H groups in total. The second-order valence-electron chi connectivity index (χ2n) is 8.21. The van der Waals surface area contributed by atoms with E-state index in [0.29, 0.717) is 18.0 Å². The molecule has 1 aliphatic carbocycles. The summed E-state index contributed by atoms with van der Waals surface area (Å²) in [6.45, 7) is 6.92. The lowest BCUT2D eigenvalue weighted by atomic mass is 9.96. The number of rotatable bonds is 5. The summed E-state index contributed by atoms with van der Waals surface area (Å²) in [6.07, 6.45) is 11.4. The van der Waals surface area contributed by atoms with Crippen LogP contribution in [0.5, 0.6) is 0 Å². The number of nitrogens with one attached hydrogen (secondary N) is 2. The molecular formula is C18H32N6. The molecule has 24 heavy (non-hydrogen) atoms. The van der Waals surface area contributed by atoms with Crippen LogP contribution in [0.3, 0.4) is 0 Å². The summed E-state index contributed by atoms with van der Waals surface area (Å²) in [5.74, 6) is 1.43. The first-order chi connectivity index (χ1) is 11.8. The molecule has 2 aliphatic heterocycles. The molecule has 2 atom stereocenters. The van der Waals surface area contributed by atoms with Gasteiger partial charge < -0.3 is 4.90 Å². The summed E-state index contributed by atoms with van der Waals surface area (Å²) in [4.78, 5) is 2.62. The van der Waals surface area contributed by atoms with Crippen molar-refractivity contribution in [3.63, 3.8) is 0 Å². The van der Waals surface area contributed by atoms with Crippen molar-refractivity contribution in [2.24, 2.45) is 5.92 Å². The van der Waals surface area contributed by atoms with Crippen LogP contribution in [-0.2, 0) is 6.54 Å². The average Bonchev–Trinajstić information content (AvgIpc) is 3.31. The van der Waals surface area contributed by atoms with Gasteiger partial charge in [-0.2, -0.15) is 0 Å². The van der Waals surface area contributed by atoms with Crippen LogP contribution in [0, 0.1) is 5.92 Å². The van der Waals surface area contributed by atoms with Crippen molar-refractivity contribution in [3.8, 4) is 0 Å². The predicted molar refractivity (Wildman–Crippen MR) is 94.5 cm³/mol. The van der Waals surface area contributed by atoms with E-state index in [4.69, 9.17) is 0 Å². The molecule has 134 valence electrons. The van der Waals surface area contributed by atoms with Gasteiger partial charge in [0.1, 0.15) is 0 Å². The zero-order chi connectivity index (χ0) is 16.4. The van der Waals surface area contributed by atoms with E-state index in [1.807, 2.05) is 0 Å². The molecule has 2 saturated heterocycles.